The van der Waals surface area contributed by atoms with Crippen molar-refractivity contribution in [3.63, 3.8) is 0 Å². The van der Waals surface area contributed by atoms with Gasteiger partial charge in [-0.15, -0.1) is 0 Å². The van der Waals surface area contributed by atoms with E-state index in [9.17, 15) is 19.5 Å². The number of H-pyrrole nitrogens is 1. The summed E-state index contributed by atoms with van der Waals surface area (Å²) in [4.78, 5) is 40.4. The summed E-state index contributed by atoms with van der Waals surface area (Å²) in [5.74, 6) is -0.313. The number of nitrogens with one attached hydrogen (secondary N) is 1. The minimum Gasteiger partial charge on any atom is -0.379 e. The van der Waals surface area contributed by atoms with E-state index in [0.717, 1.165) is 0 Å². The lowest BCUT2D eigenvalue weighted by atomic mass is 9.85. The molecule has 0 aliphatic rings. The third-order valence-electron chi connectivity index (χ3n) is 5.88. The second-order valence-corrected chi connectivity index (χ2v) is 9.35. The van der Waals surface area contributed by atoms with Gasteiger partial charge >= 0.3 is 5.69 Å². The van der Waals surface area contributed by atoms with Gasteiger partial charge in [-0.05, 0) is 53.1 Å². The fourth-order valence-corrected chi connectivity index (χ4v) is 4.26. The molecule has 1 heterocycles. The average molecular weight is 524 g/mol. The number of hydrogen-bond acceptors (Lipinski definition) is 4. The maximum absolute atomic E-state index is 13.4. The van der Waals surface area contributed by atoms with Gasteiger partial charge in [-0.2, -0.15) is 0 Å². The summed E-state index contributed by atoms with van der Waals surface area (Å²) in [6, 6.07) is 21.7. The van der Waals surface area contributed by atoms with Gasteiger partial charge in [-0.3, -0.25) is 19.1 Å². The summed E-state index contributed by atoms with van der Waals surface area (Å²) in [5, 5.41) is 12.9. The Kier molecular flexibility index (Phi) is 7.45. The Balaban J connectivity index is 1.61. The summed E-state index contributed by atoms with van der Waals surface area (Å²) < 4.78 is 1.34. The molecule has 0 saturated carbocycles. The lowest BCUT2D eigenvalue weighted by Gasteiger charge is -2.34. The molecule has 3 aromatic carbocycles. The van der Waals surface area contributed by atoms with Gasteiger partial charge in [-0.1, -0.05) is 59.6 Å². The number of likely N-dealkylation sites (N-methyl/N-ethyl adjacent to an activating group) is 1. The molecule has 9 heteroatoms. The molecule has 184 valence electrons. The SMILES string of the molecule is CN(CC(O)(c1ccc(Cl)cc1)c1ccc(Cl)cc1)C(=O)c1cccc(Cn2ccc(=O)[nH]c2=O)c1. The molecule has 0 aliphatic heterocycles. The molecule has 2 N–H and O–H groups in total. The first-order valence-corrected chi connectivity index (χ1v) is 11.8. The first-order valence-electron chi connectivity index (χ1n) is 11.0. The molecule has 1 amide bonds. The van der Waals surface area contributed by atoms with E-state index >= 15 is 0 Å². The smallest absolute Gasteiger partial charge is 0.328 e. The number of carbonyl (C=O) groups is 1. The van der Waals surface area contributed by atoms with Crippen LogP contribution in [0.5, 0.6) is 0 Å². The molecule has 0 unspecified atom stereocenters. The van der Waals surface area contributed by atoms with Crippen LogP contribution in [0, 0.1) is 0 Å². The van der Waals surface area contributed by atoms with Crippen molar-refractivity contribution in [2.45, 2.75) is 12.1 Å². The monoisotopic (exact) mass is 523 g/mol. The van der Waals surface area contributed by atoms with E-state index in [4.69, 9.17) is 23.2 Å². The Morgan fingerprint density at radius 1 is 0.944 bits per heavy atom. The second kappa shape index (κ2) is 10.5. The standard InChI is InChI=1S/C27H23Cl2N3O4/c1-31(17-27(36,20-5-9-22(28)10-6-20)21-7-11-23(29)12-8-21)25(34)19-4-2-3-18(15-19)16-32-14-13-24(33)30-26(32)35/h2-15,36H,16-17H2,1H3,(H,30,33,35). The molecular weight excluding hydrogens is 501 g/mol. The molecule has 7 nitrogen and oxygen atoms in total. The van der Waals surface area contributed by atoms with Crippen LogP contribution in [0.25, 0.3) is 0 Å². The molecular formula is C27H23Cl2N3O4. The van der Waals surface area contributed by atoms with Gasteiger partial charge in [0.05, 0.1) is 13.1 Å². The Labute approximate surface area is 217 Å². The van der Waals surface area contributed by atoms with Gasteiger partial charge < -0.3 is 10.0 Å². The highest BCUT2D eigenvalue weighted by atomic mass is 35.5. The highest BCUT2D eigenvalue weighted by molar-refractivity contribution is 6.30. The van der Waals surface area contributed by atoms with Gasteiger partial charge in [0.25, 0.3) is 11.5 Å². The van der Waals surface area contributed by atoms with Gasteiger partial charge in [0.2, 0.25) is 0 Å². The summed E-state index contributed by atoms with van der Waals surface area (Å²) in [7, 11) is 1.61. The van der Waals surface area contributed by atoms with Crippen LogP contribution < -0.4 is 11.2 Å². The zero-order valence-corrected chi connectivity index (χ0v) is 20.8. The largest absolute Gasteiger partial charge is 0.379 e. The Bertz CT molecular complexity index is 1450. The van der Waals surface area contributed by atoms with Crippen LogP contribution in [0.4, 0.5) is 0 Å². The van der Waals surface area contributed by atoms with Crippen molar-refractivity contribution in [1.82, 2.24) is 14.5 Å². The van der Waals surface area contributed by atoms with Crippen molar-refractivity contribution >= 4 is 29.1 Å². The third kappa shape index (κ3) is 5.60. The molecule has 4 rings (SSSR count). The van der Waals surface area contributed by atoms with E-state index in [0.29, 0.717) is 32.3 Å². The summed E-state index contributed by atoms with van der Waals surface area (Å²) >= 11 is 12.1. The number of halogens is 2. The lowest BCUT2D eigenvalue weighted by Crippen LogP contribution is -2.42. The van der Waals surface area contributed by atoms with Crippen LogP contribution >= 0.6 is 23.2 Å². The number of aliphatic hydroxyl groups is 1. The zero-order valence-electron chi connectivity index (χ0n) is 19.3. The Morgan fingerprint density at radius 3 is 2.08 bits per heavy atom. The van der Waals surface area contributed by atoms with Crippen molar-refractivity contribution in [1.29, 1.82) is 0 Å². The van der Waals surface area contributed by atoms with Crippen molar-refractivity contribution < 1.29 is 9.90 Å². The molecule has 1 aromatic heterocycles. The average Bonchev–Trinajstić information content (AvgIpc) is 2.86. The highest BCUT2D eigenvalue weighted by Gasteiger charge is 2.34. The molecule has 0 spiro atoms. The van der Waals surface area contributed by atoms with Crippen molar-refractivity contribution in [3.05, 3.63) is 138 Å². The van der Waals surface area contributed by atoms with Crippen LogP contribution in [-0.4, -0.2) is 39.1 Å². The maximum Gasteiger partial charge on any atom is 0.328 e. The molecule has 4 aromatic rings. The van der Waals surface area contributed by atoms with Crippen molar-refractivity contribution in [3.8, 4) is 0 Å². The minimum atomic E-state index is -1.53. The molecule has 0 saturated heterocycles. The van der Waals surface area contributed by atoms with Crippen molar-refractivity contribution in [2.24, 2.45) is 0 Å². The van der Waals surface area contributed by atoms with Gasteiger partial charge in [0.15, 0.2) is 0 Å². The Morgan fingerprint density at radius 2 is 1.53 bits per heavy atom. The highest BCUT2D eigenvalue weighted by Crippen LogP contribution is 2.32. The normalized spacial score (nSPS) is 11.3. The zero-order chi connectivity index (χ0) is 25.9. The second-order valence-electron chi connectivity index (χ2n) is 8.47. The number of amides is 1. The predicted octanol–water partition coefficient (Wildman–Crippen LogP) is 3.90. The van der Waals surface area contributed by atoms with E-state index in [2.05, 4.69) is 4.98 Å². The van der Waals surface area contributed by atoms with Gasteiger partial charge in [-0.25, -0.2) is 4.79 Å². The van der Waals surface area contributed by atoms with Crippen LogP contribution in [0.3, 0.4) is 0 Å². The number of carbonyl (C=O) groups excluding carboxylic acids is 1. The summed E-state index contributed by atoms with van der Waals surface area (Å²) in [5.41, 5.74) is -0.306. The van der Waals surface area contributed by atoms with Crippen LogP contribution in [-0.2, 0) is 12.1 Å². The molecule has 0 atom stereocenters. The van der Waals surface area contributed by atoms with Crippen LogP contribution in [0.1, 0.15) is 27.0 Å². The molecule has 0 aliphatic carbocycles. The first-order chi connectivity index (χ1) is 17.2. The predicted molar refractivity (Wildman–Crippen MR) is 140 cm³/mol. The number of aromatic nitrogens is 2. The number of nitrogens with zero attached hydrogens (tertiary/aromatic N) is 2. The first kappa shape index (κ1) is 25.4. The van der Waals surface area contributed by atoms with E-state index in [-0.39, 0.29) is 19.0 Å². The minimum absolute atomic E-state index is 0.0430. The number of hydrogen-bond donors (Lipinski definition) is 2. The number of aromatic amines is 1. The quantitative estimate of drug-likeness (QED) is 0.384. The van der Waals surface area contributed by atoms with E-state index in [1.54, 1.807) is 79.8 Å². The fraction of sp³-hybridized carbons (Fsp3) is 0.148. The molecule has 0 radical (unpaired) electrons. The maximum atomic E-state index is 13.4. The lowest BCUT2D eigenvalue weighted by molar-refractivity contribution is 0.0364. The molecule has 0 bridgehead atoms. The van der Waals surface area contributed by atoms with Gasteiger partial charge in [0, 0.05) is 34.9 Å². The topological polar surface area (TPSA) is 95.4 Å². The van der Waals surface area contributed by atoms with E-state index in [1.807, 2.05) is 0 Å². The van der Waals surface area contributed by atoms with Crippen LogP contribution in [0.15, 0.2) is 94.6 Å². The van der Waals surface area contributed by atoms with Crippen LogP contribution in [0.2, 0.25) is 10.0 Å². The fourth-order valence-electron chi connectivity index (χ4n) is 4.00. The van der Waals surface area contributed by atoms with E-state index in [1.165, 1.54) is 21.7 Å². The van der Waals surface area contributed by atoms with Crippen molar-refractivity contribution in [2.75, 3.05) is 13.6 Å². The van der Waals surface area contributed by atoms with Gasteiger partial charge in [0.1, 0.15) is 5.60 Å². The Hall–Kier alpha value is -3.65. The third-order valence-corrected chi connectivity index (χ3v) is 6.38. The number of rotatable bonds is 7. The summed E-state index contributed by atoms with van der Waals surface area (Å²) in [6.07, 6.45) is 1.40. The molecule has 36 heavy (non-hydrogen) atoms. The van der Waals surface area contributed by atoms with E-state index < -0.39 is 16.9 Å². The summed E-state index contributed by atoms with van der Waals surface area (Å²) in [6.45, 7) is 0.138. The molecule has 0 fully saturated rings. The number of benzene rings is 3.